The number of rotatable bonds is 4. The van der Waals surface area contributed by atoms with Crippen molar-refractivity contribution in [2.75, 3.05) is 26.4 Å². The zero-order valence-electron chi connectivity index (χ0n) is 15.2. The summed E-state index contributed by atoms with van der Waals surface area (Å²) in [4.78, 5) is 13.0. The van der Waals surface area contributed by atoms with Crippen LogP contribution in [-0.2, 0) is 0 Å². The van der Waals surface area contributed by atoms with Gasteiger partial charge >= 0.3 is 0 Å². The molecule has 1 amide bonds. The third-order valence-electron chi connectivity index (χ3n) is 5.16. The minimum absolute atomic E-state index is 0.0877. The average molecular weight is 402 g/mol. The highest BCUT2D eigenvalue weighted by molar-refractivity contribution is 6.32. The molecule has 6 nitrogen and oxygen atoms in total. The van der Waals surface area contributed by atoms with Crippen LogP contribution in [0.25, 0.3) is 0 Å². The number of hydrogen-bond donors (Lipinski definition) is 1. The standard InChI is InChI=1S/C21H20ClNO5/c22-15-9-14(11-18-20(15)28-8-7-27-18)21(24)23-19(12-1-2-12)13-3-4-16-17(10-13)26-6-5-25-16/h3-4,9-12,19H,1-2,5-8H2,(H,23,24). The van der Waals surface area contributed by atoms with Gasteiger partial charge in [0.1, 0.15) is 26.4 Å². The summed E-state index contributed by atoms with van der Waals surface area (Å²) >= 11 is 6.28. The summed E-state index contributed by atoms with van der Waals surface area (Å²) in [5, 5.41) is 3.54. The third-order valence-corrected chi connectivity index (χ3v) is 5.45. The number of benzene rings is 2. The highest BCUT2D eigenvalue weighted by Gasteiger charge is 2.34. The lowest BCUT2D eigenvalue weighted by molar-refractivity contribution is 0.0930. The van der Waals surface area contributed by atoms with Crippen molar-refractivity contribution in [3.05, 3.63) is 46.5 Å². The van der Waals surface area contributed by atoms with Crippen LogP contribution in [0.2, 0.25) is 5.02 Å². The van der Waals surface area contributed by atoms with Gasteiger partial charge in [0.15, 0.2) is 23.0 Å². The van der Waals surface area contributed by atoms with E-state index in [1.807, 2.05) is 18.2 Å². The molecule has 2 aromatic carbocycles. The Morgan fingerprint density at radius 2 is 1.64 bits per heavy atom. The molecule has 1 atom stereocenters. The molecule has 0 radical (unpaired) electrons. The van der Waals surface area contributed by atoms with Gasteiger partial charge in [-0.25, -0.2) is 0 Å². The fraction of sp³-hybridized carbons (Fsp3) is 0.381. The third kappa shape index (κ3) is 3.33. The molecule has 2 heterocycles. The Morgan fingerprint density at radius 3 is 2.43 bits per heavy atom. The topological polar surface area (TPSA) is 66.0 Å². The van der Waals surface area contributed by atoms with Gasteiger partial charge in [-0.2, -0.15) is 0 Å². The summed E-state index contributed by atoms with van der Waals surface area (Å²) in [6.07, 6.45) is 2.17. The summed E-state index contributed by atoms with van der Waals surface area (Å²) in [5.74, 6) is 2.70. The lowest BCUT2D eigenvalue weighted by atomic mass is 10.0. The Bertz CT molecular complexity index is 927. The first-order chi connectivity index (χ1) is 13.7. The summed E-state index contributed by atoms with van der Waals surface area (Å²) in [7, 11) is 0. The number of amides is 1. The van der Waals surface area contributed by atoms with Gasteiger partial charge in [-0.1, -0.05) is 17.7 Å². The fourth-order valence-electron chi connectivity index (χ4n) is 3.62. The highest BCUT2D eigenvalue weighted by Crippen LogP contribution is 2.44. The molecule has 3 aliphatic rings. The second-order valence-corrected chi connectivity index (χ2v) is 7.58. The van der Waals surface area contributed by atoms with Crippen LogP contribution in [0.15, 0.2) is 30.3 Å². The van der Waals surface area contributed by atoms with E-state index in [9.17, 15) is 4.79 Å². The van der Waals surface area contributed by atoms with Crippen molar-refractivity contribution < 1.29 is 23.7 Å². The minimum Gasteiger partial charge on any atom is -0.486 e. The van der Waals surface area contributed by atoms with Crippen molar-refractivity contribution in [2.24, 2.45) is 5.92 Å². The summed E-state index contributed by atoms with van der Waals surface area (Å²) in [5.41, 5.74) is 1.47. The Morgan fingerprint density at radius 1 is 0.929 bits per heavy atom. The molecular formula is C21H20ClNO5. The largest absolute Gasteiger partial charge is 0.486 e. The first-order valence-corrected chi connectivity index (χ1v) is 9.86. The van der Waals surface area contributed by atoms with E-state index >= 15 is 0 Å². The predicted molar refractivity (Wildman–Crippen MR) is 103 cm³/mol. The molecule has 1 N–H and O–H groups in total. The second-order valence-electron chi connectivity index (χ2n) is 7.17. The van der Waals surface area contributed by atoms with Crippen molar-refractivity contribution in [1.82, 2.24) is 5.32 Å². The minimum atomic E-state index is -0.189. The first kappa shape index (κ1) is 17.5. The number of hydrogen-bond acceptors (Lipinski definition) is 5. The van der Waals surface area contributed by atoms with Crippen molar-refractivity contribution in [3.63, 3.8) is 0 Å². The molecule has 1 aliphatic carbocycles. The van der Waals surface area contributed by atoms with Gasteiger partial charge in [-0.15, -0.1) is 0 Å². The van der Waals surface area contributed by atoms with Crippen molar-refractivity contribution in [2.45, 2.75) is 18.9 Å². The van der Waals surface area contributed by atoms with Gasteiger partial charge in [0.05, 0.1) is 11.1 Å². The van der Waals surface area contributed by atoms with Gasteiger partial charge < -0.3 is 24.3 Å². The molecule has 5 rings (SSSR count). The van der Waals surface area contributed by atoms with E-state index in [4.69, 9.17) is 30.5 Å². The Hall–Kier alpha value is -2.60. The van der Waals surface area contributed by atoms with E-state index in [0.717, 1.165) is 29.9 Å². The van der Waals surface area contributed by atoms with Crippen LogP contribution in [0, 0.1) is 5.92 Å². The van der Waals surface area contributed by atoms with Crippen LogP contribution in [-0.4, -0.2) is 32.3 Å². The number of halogens is 1. The summed E-state index contributed by atoms with van der Waals surface area (Å²) < 4.78 is 22.4. The number of fused-ring (bicyclic) bond motifs is 2. The summed E-state index contributed by atoms with van der Waals surface area (Å²) in [6.45, 7) is 1.98. The van der Waals surface area contributed by atoms with E-state index in [2.05, 4.69) is 5.32 Å². The number of nitrogens with one attached hydrogen (secondary N) is 1. The van der Waals surface area contributed by atoms with Crippen LogP contribution in [0.5, 0.6) is 23.0 Å². The SMILES string of the molecule is O=C(NC(c1ccc2c(c1)OCCO2)C1CC1)c1cc(Cl)c2c(c1)OCCO2. The Balaban J connectivity index is 1.40. The number of carbonyl (C=O) groups is 1. The molecule has 0 saturated heterocycles. The molecule has 146 valence electrons. The lowest BCUT2D eigenvalue weighted by Crippen LogP contribution is -2.30. The van der Waals surface area contributed by atoms with Gasteiger partial charge in [-0.3, -0.25) is 4.79 Å². The van der Waals surface area contributed by atoms with Crippen molar-refractivity contribution >= 4 is 17.5 Å². The molecule has 1 saturated carbocycles. The van der Waals surface area contributed by atoms with E-state index in [1.165, 1.54) is 0 Å². The Kier molecular flexibility index (Phi) is 4.43. The molecule has 0 spiro atoms. The van der Waals surface area contributed by atoms with Gasteiger partial charge in [0.2, 0.25) is 0 Å². The number of carbonyl (C=O) groups excluding carboxylic acids is 1. The maximum Gasteiger partial charge on any atom is 0.251 e. The molecule has 1 fully saturated rings. The molecule has 0 bridgehead atoms. The van der Waals surface area contributed by atoms with Crippen LogP contribution < -0.4 is 24.3 Å². The molecule has 1 unspecified atom stereocenters. The summed E-state index contributed by atoms with van der Waals surface area (Å²) in [6, 6.07) is 9.09. The van der Waals surface area contributed by atoms with Crippen LogP contribution in [0.1, 0.15) is 34.8 Å². The van der Waals surface area contributed by atoms with Gasteiger partial charge in [0.25, 0.3) is 5.91 Å². The van der Waals surface area contributed by atoms with Gasteiger partial charge in [-0.05, 0) is 48.6 Å². The first-order valence-electron chi connectivity index (χ1n) is 9.48. The van der Waals surface area contributed by atoms with Crippen molar-refractivity contribution in [1.29, 1.82) is 0 Å². The van der Waals surface area contributed by atoms with E-state index in [0.29, 0.717) is 54.4 Å². The van der Waals surface area contributed by atoms with Crippen LogP contribution >= 0.6 is 11.6 Å². The predicted octanol–water partition coefficient (Wildman–Crippen LogP) is 3.76. The van der Waals surface area contributed by atoms with Crippen LogP contribution in [0.3, 0.4) is 0 Å². The quantitative estimate of drug-likeness (QED) is 0.844. The Labute approximate surface area is 167 Å². The van der Waals surface area contributed by atoms with E-state index < -0.39 is 0 Å². The molecule has 0 aromatic heterocycles. The maximum atomic E-state index is 13.0. The zero-order valence-corrected chi connectivity index (χ0v) is 16.0. The maximum absolute atomic E-state index is 13.0. The van der Waals surface area contributed by atoms with Gasteiger partial charge in [0, 0.05) is 5.56 Å². The molecule has 7 heteroatoms. The smallest absolute Gasteiger partial charge is 0.251 e. The monoisotopic (exact) mass is 401 g/mol. The second kappa shape index (κ2) is 7.09. The highest BCUT2D eigenvalue weighted by atomic mass is 35.5. The average Bonchev–Trinajstić information content (AvgIpc) is 3.56. The molecular weight excluding hydrogens is 382 g/mol. The van der Waals surface area contributed by atoms with Crippen molar-refractivity contribution in [3.8, 4) is 23.0 Å². The van der Waals surface area contributed by atoms with E-state index in [1.54, 1.807) is 12.1 Å². The normalized spacial score (nSPS) is 18.3. The lowest BCUT2D eigenvalue weighted by Gasteiger charge is -2.24. The molecule has 28 heavy (non-hydrogen) atoms. The molecule has 2 aliphatic heterocycles. The zero-order chi connectivity index (χ0) is 19.1. The van der Waals surface area contributed by atoms with E-state index in [-0.39, 0.29) is 11.9 Å². The van der Waals surface area contributed by atoms with Crippen LogP contribution in [0.4, 0.5) is 0 Å². The molecule has 2 aromatic rings. The fourth-order valence-corrected chi connectivity index (χ4v) is 3.89. The number of ether oxygens (including phenoxy) is 4.